The minimum Gasteiger partial charge on any atom is -0.496 e. The lowest BCUT2D eigenvalue weighted by Crippen LogP contribution is -2.21. The largest absolute Gasteiger partial charge is 0.496 e. The van der Waals surface area contributed by atoms with Crippen LogP contribution in [0, 0.1) is 11.3 Å². The first-order valence-electron chi connectivity index (χ1n) is 6.70. The lowest BCUT2D eigenvalue weighted by molar-refractivity contribution is 0.254. The molecule has 1 aromatic rings. The zero-order chi connectivity index (χ0) is 13.8. The molecule has 0 radical (unpaired) electrons. The molecule has 0 bridgehead atoms. The number of nitriles is 1. The fourth-order valence-corrected chi connectivity index (χ4v) is 2.37. The predicted molar refractivity (Wildman–Crippen MR) is 73.4 cm³/mol. The number of fused-ring (bicyclic) bond motifs is 1. The molecule has 0 saturated carbocycles. The quantitative estimate of drug-likeness (QED) is 0.884. The molecule has 19 heavy (non-hydrogen) atoms. The van der Waals surface area contributed by atoms with Crippen molar-refractivity contribution in [1.82, 2.24) is 5.32 Å². The van der Waals surface area contributed by atoms with Crippen LogP contribution in [-0.4, -0.2) is 19.8 Å². The predicted octanol–water partition coefficient (Wildman–Crippen LogP) is 2.58. The van der Waals surface area contributed by atoms with Crippen molar-refractivity contribution in [2.45, 2.75) is 38.8 Å². The van der Waals surface area contributed by atoms with Crippen molar-refractivity contribution in [2.24, 2.45) is 0 Å². The molecule has 4 heteroatoms. The number of ether oxygens (including phenoxy) is 2. The summed E-state index contributed by atoms with van der Waals surface area (Å²) < 4.78 is 11.2. The molecule has 1 aliphatic rings. The Bertz CT molecular complexity index is 494. The van der Waals surface area contributed by atoms with E-state index in [0.29, 0.717) is 0 Å². The van der Waals surface area contributed by atoms with Crippen molar-refractivity contribution >= 4 is 0 Å². The van der Waals surface area contributed by atoms with Crippen LogP contribution in [0.2, 0.25) is 0 Å². The molecule has 0 saturated heterocycles. The molecular weight excluding hydrogens is 240 g/mol. The number of nitrogens with zero attached hydrogens (tertiary/aromatic N) is 1. The van der Waals surface area contributed by atoms with Gasteiger partial charge in [0.25, 0.3) is 0 Å². The number of nitrogens with one attached hydrogen (secondary N) is 1. The molecule has 0 aliphatic carbocycles. The maximum Gasteiger partial charge on any atom is 0.125 e. The van der Waals surface area contributed by atoms with Gasteiger partial charge in [-0.1, -0.05) is 6.92 Å². The number of methoxy groups -OCH3 is 1. The van der Waals surface area contributed by atoms with Crippen molar-refractivity contribution in [2.75, 3.05) is 13.7 Å². The van der Waals surface area contributed by atoms with Crippen molar-refractivity contribution in [3.05, 3.63) is 23.3 Å². The van der Waals surface area contributed by atoms with E-state index >= 15 is 0 Å². The van der Waals surface area contributed by atoms with Crippen LogP contribution < -0.4 is 14.8 Å². The van der Waals surface area contributed by atoms with Gasteiger partial charge in [0.2, 0.25) is 0 Å². The summed E-state index contributed by atoms with van der Waals surface area (Å²) in [5.41, 5.74) is 2.01. The van der Waals surface area contributed by atoms with Gasteiger partial charge in [0.05, 0.1) is 13.2 Å². The van der Waals surface area contributed by atoms with Crippen LogP contribution in [0.15, 0.2) is 12.1 Å². The monoisotopic (exact) mass is 260 g/mol. The minimum absolute atomic E-state index is 0.194. The molecule has 2 unspecified atom stereocenters. The topological polar surface area (TPSA) is 54.3 Å². The normalized spacial score (nSPS) is 18.3. The van der Waals surface area contributed by atoms with Crippen LogP contribution in [0.5, 0.6) is 11.5 Å². The van der Waals surface area contributed by atoms with Crippen LogP contribution >= 0.6 is 0 Å². The Balaban J connectivity index is 2.34. The van der Waals surface area contributed by atoms with Crippen LogP contribution in [-0.2, 0) is 6.42 Å². The maximum atomic E-state index is 9.32. The summed E-state index contributed by atoms with van der Waals surface area (Å²) in [5, 5.41) is 12.5. The summed E-state index contributed by atoms with van der Waals surface area (Å²) in [7, 11) is 1.64. The Morgan fingerprint density at radius 2 is 2.37 bits per heavy atom. The van der Waals surface area contributed by atoms with Crippen molar-refractivity contribution in [1.29, 1.82) is 5.26 Å². The summed E-state index contributed by atoms with van der Waals surface area (Å²) >= 11 is 0. The highest BCUT2D eigenvalue weighted by Crippen LogP contribution is 2.37. The van der Waals surface area contributed by atoms with E-state index in [2.05, 4.69) is 18.3 Å². The van der Waals surface area contributed by atoms with Crippen LogP contribution in [0.1, 0.15) is 37.4 Å². The highest BCUT2D eigenvalue weighted by Gasteiger charge is 2.24. The Hall–Kier alpha value is -1.73. The summed E-state index contributed by atoms with van der Waals surface area (Å²) in [4.78, 5) is 0. The van der Waals surface area contributed by atoms with Gasteiger partial charge in [0, 0.05) is 17.5 Å². The molecule has 1 aliphatic heterocycles. The van der Waals surface area contributed by atoms with Crippen molar-refractivity contribution < 1.29 is 9.47 Å². The molecule has 0 amide bonds. The second kappa shape index (κ2) is 5.94. The molecule has 0 fully saturated rings. The van der Waals surface area contributed by atoms with Gasteiger partial charge in [-0.2, -0.15) is 5.26 Å². The zero-order valence-electron chi connectivity index (χ0n) is 11.7. The van der Waals surface area contributed by atoms with Crippen molar-refractivity contribution in [3.8, 4) is 17.6 Å². The van der Waals surface area contributed by atoms with Crippen LogP contribution in [0.4, 0.5) is 0 Å². The van der Waals surface area contributed by atoms with E-state index in [-0.39, 0.29) is 12.1 Å². The Morgan fingerprint density at radius 1 is 1.58 bits per heavy atom. The molecule has 0 aromatic heterocycles. The highest BCUT2D eigenvalue weighted by atomic mass is 16.5. The Morgan fingerprint density at radius 3 is 3.00 bits per heavy atom. The number of hydrogen-bond acceptors (Lipinski definition) is 4. The lowest BCUT2D eigenvalue weighted by Gasteiger charge is -2.16. The molecule has 0 spiro atoms. The third kappa shape index (κ3) is 2.82. The maximum absolute atomic E-state index is 9.32. The van der Waals surface area contributed by atoms with Gasteiger partial charge in [-0.3, -0.25) is 5.32 Å². The summed E-state index contributed by atoms with van der Waals surface area (Å²) in [5.74, 6) is 1.63. The number of hydrogen-bond donors (Lipinski definition) is 1. The molecule has 1 N–H and O–H groups in total. The van der Waals surface area contributed by atoms with Gasteiger partial charge in [0.15, 0.2) is 0 Å². The van der Waals surface area contributed by atoms with E-state index in [9.17, 15) is 5.26 Å². The van der Waals surface area contributed by atoms with E-state index in [1.165, 1.54) is 0 Å². The van der Waals surface area contributed by atoms with Crippen LogP contribution in [0.25, 0.3) is 0 Å². The summed E-state index contributed by atoms with van der Waals surface area (Å²) in [6, 6.07) is 5.85. The van der Waals surface area contributed by atoms with Crippen molar-refractivity contribution in [3.63, 3.8) is 0 Å². The minimum atomic E-state index is -0.361. The molecule has 1 aromatic carbocycles. The standard InChI is InChI=1S/C15H20N2O2/c1-4-5-17-13(9-16)12-8-14-11(6-10(2)19-14)7-15(12)18-3/h7-8,10,13,17H,4-6H2,1-3H3. The van der Waals surface area contributed by atoms with E-state index in [1.54, 1.807) is 7.11 Å². The molecule has 102 valence electrons. The average Bonchev–Trinajstić information content (AvgIpc) is 2.77. The first kappa shape index (κ1) is 13.7. The zero-order valence-corrected chi connectivity index (χ0v) is 11.7. The first-order chi connectivity index (χ1) is 9.19. The van der Waals surface area contributed by atoms with Gasteiger partial charge < -0.3 is 9.47 Å². The summed E-state index contributed by atoms with van der Waals surface area (Å²) in [6.45, 7) is 4.92. The second-order valence-corrected chi connectivity index (χ2v) is 4.85. The molecule has 4 nitrogen and oxygen atoms in total. The third-order valence-corrected chi connectivity index (χ3v) is 3.29. The fraction of sp³-hybridized carbons (Fsp3) is 0.533. The number of rotatable bonds is 5. The third-order valence-electron chi connectivity index (χ3n) is 3.29. The van der Waals surface area contributed by atoms with Gasteiger partial charge in [-0.25, -0.2) is 0 Å². The molecular formula is C15H20N2O2. The van der Waals surface area contributed by atoms with Gasteiger partial charge >= 0.3 is 0 Å². The first-order valence-corrected chi connectivity index (χ1v) is 6.70. The fourth-order valence-electron chi connectivity index (χ4n) is 2.37. The summed E-state index contributed by atoms with van der Waals surface area (Å²) in [6.07, 6.45) is 2.07. The van der Waals surface area contributed by atoms with E-state index in [0.717, 1.165) is 42.0 Å². The Labute approximate surface area is 114 Å². The molecule has 2 rings (SSSR count). The average molecular weight is 260 g/mol. The van der Waals surface area contributed by atoms with E-state index in [1.807, 2.05) is 19.1 Å². The van der Waals surface area contributed by atoms with Gasteiger partial charge in [0.1, 0.15) is 23.6 Å². The van der Waals surface area contributed by atoms with Crippen LogP contribution in [0.3, 0.4) is 0 Å². The van der Waals surface area contributed by atoms with E-state index < -0.39 is 0 Å². The van der Waals surface area contributed by atoms with Gasteiger partial charge in [-0.05, 0) is 32.0 Å². The second-order valence-electron chi connectivity index (χ2n) is 4.85. The van der Waals surface area contributed by atoms with Gasteiger partial charge in [-0.15, -0.1) is 0 Å². The molecule has 1 heterocycles. The smallest absolute Gasteiger partial charge is 0.125 e. The molecule has 2 atom stereocenters. The number of benzene rings is 1. The van der Waals surface area contributed by atoms with E-state index in [4.69, 9.17) is 9.47 Å². The SMILES string of the molecule is CCCNC(C#N)c1cc2c(cc1OC)CC(C)O2. The lowest BCUT2D eigenvalue weighted by atomic mass is 10.0. The Kier molecular flexibility index (Phi) is 4.28. The highest BCUT2D eigenvalue weighted by molar-refractivity contribution is 5.51.